The summed E-state index contributed by atoms with van der Waals surface area (Å²) in [4.78, 5) is 0. The molecular weight excluding hydrogens is 266 g/mol. The van der Waals surface area contributed by atoms with Crippen LogP contribution in [0.2, 0.25) is 0 Å². The van der Waals surface area contributed by atoms with Crippen molar-refractivity contribution in [2.75, 3.05) is 0 Å². The van der Waals surface area contributed by atoms with E-state index in [-0.39, 0.29) is 18.3 Å². The Hall–Kier alpha value is -0.580. The molecule has 0 aromatic heterocycles. The minimum absolute atomic E-state index is 0.108. The summed E-state index contributed by atoms with van der Waals surface area (Å²) in [7, 11) is 0. The lowest BCUT2D eigenvalue weighted by Gasteiger charge is -2.46. The van der Waals surface area contributed by atoms with E-state index in [0.717, 1.165) is 12.3 Å². The van der Waals surface area contributed by atoms with Crippen molar-refractivity contribution in [1.29, 1.82) is 0 Å². The molecule has 0 heterocycles. The van der Waals surface area contributed by atoms with E-state index in [1.165, 1.54) is 12.8 Å². The zero-order valence-corrected chi connectivity index (χ0v) is 14.0. The van der Waals surface area contributed by atoms with Gasteiger partial charge in [-0.15, -0.1) is 11.8 Å². The second-order valence-corrected chi connectivity index (χ2v) is 7.92. The maximum Gasteiger partial charge on any atom is 0.252 e. The molecule has 120 valence electrons. The fraction of sp³-hybridized carbons (Fsp3) is 0.895. The Labute approximate surface area is 129 Å². The molecule has 2 heteroatoms. The molecular formula is C19H30F2. The molecule has 2 aliphatic rings. The lowest BCUT2D eigenvalue weighted by atomic mass is 9.60. The number of hydrogen-bond donors (Lipinski definition) is 0. The van der Waals surface area contributed by atoms with Gasteiger partial charge in [-0.05, 0) is 49.4 Å². The Morgan fingerprint density at radius 3 is 2.24 bits per heavy atom. The quantitative estimate of drug-likeness (QED) is 0.580. The predicted octanol–water partition coefficient (Wildman–Crippen LogP) is 5.77. The van der Waals surface area contributed by atoms with Gasteiger partial charge < -0.3 is 0 Å². The summed E-state index contributed by atoms with van der Waals surface area (Å²) in [6.45, 7) is 8.51. The fourth-order valence-electron chi connectivity index (χ4n) is 3.92. The van der Waals surface area contributed by atoms with E-state index in [2.05, 4.69) is 25.7 Å². The van der Waals surface area contributed by atoms with Gasteiger partial charge in [-0.25, -0.2) is 8.78 Å². The average Bonchev–Trinajstić information content (AvgIpc) is 2.28. The van der Waals surface area contributed by atoms with E-state index < -0.39 is 11.8 Å². The summed E-state index contributed by atoms with van der Waals surface area (Å²) in [5.41, 5.74) is 0. The summed E-state index contributed by atoms with van der Waals surface area (Å²) >= 11 is 0. The second-order valence-electron chi connectivity index (χ2n) is 7.92. The van der Waals surface area contributed by atoms with Crippen LogP contribution >= 0.6 is 0 Å². The topological polar surface area (TPSA) is 0 Å². The van der Waals surface area contributed by atoms with Crippen LogP contribution in [0.4, 0.5) is 8.78 Å². The van der Waals surface area contributed by atoms with Crippen molar-refractivity contribution >= 4 is 0 Å². The van der Waals surface area contributed by atoms with Crippen LogP contribution in [0.15, 0.2) is 0 Å². The average molecular weight is 296 g/mol. The van der Waals surface area contributed by atoms with Gasteiger partial charge in [0, 0.05) is 24.7 Å². The Bertz CT molecular complexity index is 394. The highest BCUT2D eigenvalue weighted by Gasteiger charge is 2.48. The second kappa shape index (κ2) is 6.67. The first-order chi connectivity index (χ1) is 9.79. The van der Waals surface area contributed by atoms with Gasteiger partial charge >= 0.3 is 0 Å². The highest BCUT2D eigenvalue weighted by atomic mass is 19.3. The number of hydrogen-bond acceptors (Lipinski definition) is 0. The Kier molecular flexibility index (Phi) is 5.33. The first kappa shape index (κ1) is 16.8. The van der Waals surface area contributed by atoms with Gasteiger partial charge in [0.05, 0.1) is 0 Å². The van der Waals surface area contributed by atoms with Gasteiger partial charge in [-0.3, -0.25) is 0 Å². The molecule has 0 saturated heterocycles. The van der Waals surface area contributed by atoms with Crippen molar-refractivity contribution < 1.29 is 8.78 Å². The van der Waals surface area contributed by atoms with Gasteiger partial charge in [-0.1, -0.05) is 27.7 Å². The van der Waals surface area contributed by atoms with Gasteiger partial charge in [0.15, 0.2) is 0 Å². The van der Waals surface area contributed by atoms with Crippen molar-refractivity contribution in [3.05, 3.63) is 0 Å². The SMILES string of the molecule is CC(C)C#CCC1CCC(C2CC(C(C)C)C2)CC1(F)F. The zero-order valence-electron chi connectivity index (χ0n) is 14.0. The van der Waals surface area contributed by atoms with Crippen molar-refractivity contribution in [2.24, 2.45) is 35.5 Å². The Morgan fingerprint density at radius 2 is 1.71 bits per heavy atom. The molecule has 0 bridgehead atoms. The third-order valence-corrected chi connectivity index (χ3v) is 5.58. The molecule has 0 aromatic carbocycles. The number of halogens is 2. The minimum atomic E-state index is -2.50. The van der Waals surface area contributed by atoms with Crippen LogP contribution in [0.1, 0.15) is 66.2 Å². The van der Waals surface area contributed by atoms with Crippen LogP contribution < -0.4 is 0 Å². The Morgan fingerprint density at radius 1 is 1.05 bits per heavy atom. The molecule has 2 fully saturated rings. The van der Waals surface area contributed by atoms with E-state index >= 15 is 0 Å². The number of rotatable bonds is 3. The zero-order chi connectivity index (χ0) is 15.6. The summed E-state index contributed by atoms with van der Waals surface area (Å²) < 4.78 is 28.7. The largest absolute Gasteiger partial charge is 0.252 e. The fourth-order valence-corrected chi connectivity index (χ4v) is 3.92. The maximum atomic E-state index is 14.4. The standard InChI is InChI=1S/C19H30F2/c1-13(2)6-5-7-18-9-8-15(12-19(18,20)21)17-10-16(11-17)14(3)4/h13-18H,7-12H2,1-4H3. The summed E-state index contributed by atoms with van der Waals surface area (Å²) in [6.07, 6.45) is 4.48. The van der Waals surface area contributed by atoms with Crippen LogP contribution in [0.5, 0.6) is 0 Å². The molecule has 21 heavy (non-hydrogen) atoms. The number of alkyl halides is 2. The first-order valence-corrected chi connectivity index (χ1v) is 8.65. The third-order valence-electron chi connectivity index (χ3n) is 5.58. The van der Waals surface area contributed by atoms with Crippen LogP contribution in [0.3, 0.4) is 0 Å². The molecule has 0 radical (unpaired) electrons. The molecule has 0 amide bonds. The van der Waals surface area contributed by atoms with Gasteiger partial charge in [-0.2, -0.15) is 0 Å². The van der Waals surface area contributed by atoms with Gasteiger partial charge in [0.25, 0.3) is 5.92 Å². The van der Waals surface area contributed by atoms with E-state index in [9.17, 15) is 8.78 Å². The van der Waals surface area contributed by atoms with E-state index in [1.807, 2.05) is 13.8 Å². The molecule has 2 saturated carbocycles. The molecule has 0 aliphatic heterocycles. The third kappa shape index (κ3) is 4.21. The van der Waals surface area contributed by atoms with Crippen molar-refractivity contribution in [1.82, 2.24) is 0 Å². The first-order valence-electron chi connectivity index (χ1n) is 8.65. The highest BCUT2D eigenvalue weighted by Crippen LogP contribution is 2.52. The Balaban J connectivity index is 1.84. The molecule has 2 unspecified atom stereocenters. The van der Waals surface area contributed by atoms with Crippen molar-refractivity contribution in [2.45, 2.75) is 72.1 Å². The summed E-state index contributed by atoms with van der Waals surface area (Å²) in [5, 5.41) is 0. The molecule has 0 spiro atoms. The molecule has 0 N–H and O–H groups in total. The van der Waals surface area contributed by atoms with Gasteiger partial charge in [0.1, 0.15) is 0 Å². The van der Waals surface area contributed by atoms with E-state index in [0.29, 0.717) is 24.7 Å². The van der Waals surface area contributed by atoms with Crippen molar-refractivity contribution in [3.8, 4) is 11.8 Å². The smallest absolute Gasteiger partial charge is 0.207 e. The minimum Gasteiger partial charge on any atom is -0.207 e. The molecule has 0 aromatic rings. The van der Waals surface area contributed by atoms with Crippen LogP contribution in [0.25, 0.3) is 0 Å². The van der Waals surface area contributed by atoms with Crippen LogP contribution in [-0.4, -0.2) is 5.92 Å². The van der Waals surface area contributed by atoms with E-state index in [4.69, 9.17) is 0 Å². The predicted molar refractivity (Wildman–Crippen MR) is 84.1 cm³/mol. The molecule has 2 rings (SSSR count). The molecule has 2 aliphatic carbocycles. The summed E-state index contributed by atoms with van der Waals surface area (Å²) in [5.74, 6) is 5.56. The van der Waals surface area contributed by atoms with Gasteiger partial charge in [0.2, 0.25) is 0 Å². The van der Waals surface area contributed by atoms with Crippen LogP contribution in [-0.2, 0) is 0 Å². The maximum absolute atomic E-state index is 14.4. The molecule has 2 atom stereocenters. The lowest BCUT2D eigenvalue weighted by Crippen LogP contribution is -2.42. The lowest BCUT2D eigenvalue weighted by molar-refractivity contribution is -0.118. The monoisotopic (exact) mass is 296 g/mol. The van der Waals surface area contributed by atoms with Crippen molar-refractivity contribution in [3.63, 3.8) is 0 Å². The van der Waals surface area contributed by atoms with E-state index in [1.54, 1.807) is 0 Å². The normalized spacial score (nSPS) is 35.2. The highest BCUT2D eigenvalue weighted by molar-refractivity contribution is 5.05. The van der Waals surface area contributed by atoms with Crippen LogP contribution in [0, 0.1) is 47.3 Å². The summed E-state index contributed by atoms with van der Waals surface area (Å²) in [6, 6.07) is 0. The molecule has 0 nitrogen and oxygen atoms in total.